The number of imide groups is 2. The van der Waals surface area contributed by atoms with Gasteiger partial charge in [0.05, 0.1) is 17.3 Å². The number of ether oxygens (including phenoxy) is 2. The molecule has 4 amide bonds. The Morgan fingerprint density at radius 2 is 1.54 bits per heavy atom. The van der Waals surface area contributed by atoms with Gasteiger partial charge in [-0.1, -0.05) is 53.0 Å². The van der Waals surface area contributed by atoms with E-state index in [1.54, 1.807) is 30.3 Å². The molecule has 0 aromatic heterocycles. The van der Waals surface area contributed by atoms with E-state index in [1.165, 1.54) is 50.2 Å². The molecular formula is C36H33Cl3N2O5. The second-order valence-electron chi connectivity index (χ2n) is 13.0. The predicted octanol–water partition coefficient (Wildman–Crippen LogP) is 8.76. The zero-order valence-electron chi connectivity index (χ0n) is 25.3. The summed E-state index contributed by atoms with van der Waals surface area (Å²) in [6.45, 7) is 2.24. The highest BCUT2D eigenvalue weighted by Gasteiger charge is 2.51. The molecule has 4 saturated carbocycles. The molecule has 4 bridgehead atoms. The summed E-state index contributed by atoms with van der Waals surface area (Å²) in [5.74, 6) is 1.51. The highest BCUT2D eigenvalue weighted by Crippen LogP contribution is 2.60. The fourth-order valence-electron chi connectivity index (χ4n) is 8.35. The minimum absolute atomic E-state index is 0.107. The van der Waals surface area contributed by atoms with Crippen LogP contribution >= 0.6 is 34.8 Å². The van der Waals surface area contributed by atoms with Crippen molar-refractivity contribution < 1.29 is 23.9 Å². The Kier molecular flexibility index (Phi) is 8.28. The van der Waals surface area contributed by atoms with E-state index in [9.17, 15) is 14.4 Å². The third-order valence-electron chi connectivity index (χ3n) is 9.91. The van der Waals surface area contributed by atoms with Gasteiger partial charge in [-0.15, -0.1) is 0 Å². The molecule has 10 heteroatoms. The molecule has 0 spiro atoms. The highest BCUT2D eigenvalue weighted by molar-refractivity contribution is 6.39. The number of hydrogen-bond acceptors (Lipinski definition) is 5. The van der Waals surface area contributed by atoms with Crippen molar-refractivity contribution in [3.8, 4) is 11.5 Å². The third kappa shape index (κ3) is 5.78. The number of amides is 4. The van der Waals surface area contributed by atoms with E-state index in [1.807, 2.05) is 19.1 Å². The lowest BCUT2D eigenvalue weighted by atomic mass is 9.48. The summed E-state index contributed by atoms with van der Waals surface area (Å²) < 4.78 is 11.8. The third-order valence-corrected chi connectivity index (χ3v) is 10.8. The van der Waals surface area contributed by atoms with Crippen molar-refractivity contribution in [1.82, 2.24) is 5.32 Å². The van der Waals surface area contributed by atoms with Crippen LogP contribution in [0.4, 0.5) is 10.5 Å². The van der Waals surface area contributed by atoms with Crippen molar-refractivity contribution >= 4 is 64.4 Å². The lowest BCUT2D eigenvalue weighted by molar-refractivity contribution is -0.122. The molecule has 1 aliphatic heterocycles. The first kappa shape index (κ1) is 31.1. The van der Waals surface area contributed by atoms with Crippen LogP contribution in [-0.4, -0.2) is 24.5 Å². The highest BCUT2D eigenvalue weighted by atomic mass is 35.5. The first-order valence-electron chi connectivity index (χ1n) is 15.7. The largest absolute Gasteiger partial charge is 0.490 e. The number of rotatable bonds is 8. The molecule has 4 aliphatic carbocycles. The fourth-order valence-corrected chi connectivity index (χ4v) is 9.09. The van der Waals surface area contributed by atoms with Crippen molar-refractivity contribution in [1.29, 1.82) is 0 Å². The Bertz CT molecular complexity index is 1730. The summed E-state index contributed by atoms with van der Waals surface area (Å²) >= 11 is 18.9. The van der Waals surface area contributed by atoms with Gasteiger partial charge < -0.3 is 9.47 Å². The van der Waals surface area contributed by atoms with Crippen molar-refractivity contribution in [2.24, 2.45) is 17.8 Å². The number of carbonyl (C=O) groups excluding carboxylic acids is 3. The number of benzene rings is 3. The number of hydrogen-bond donors (Lipinski definition) is 1. The molecule has 5 aliphatic rings. The molecule has 1 N–H and O–H groups in total. The molecular weight excluding hydrogens is 647 g/mol. The molecule has 8 rings (SSSR count). The SMILES string of the molecule is CCOc1cc(/C=C2\C(=O)NC(=O)N(c3ccc(C45CC6CC(CC(C6)C4)C5)cc3)C2=O)cc(Cl)c1OCc1ccc(Cl)cc1Cl. The van der Waals surface area contributed by atoms with Crippen LogP contribution in [-0.2, 0) is 21.6 Å². The molecule has 7 nitrogen and oxygen atoms in total. The lowest BCUT2D eigenvalue weighted by Crippen LogP contribution is -2.54. The molecule has 3 aromatic carbocycles. The topological polar surface area (TPSA) is 84.9 Å². The van der Waals surface area contributed by atoms with Crippen LogP contribution in [0.25, 0.3) is 6.08 Å². The minimum Gasteiger partial charge on any atom is -0.490 e. The maximum Gasteiger partial charge on any atom is 0.335 e. The number of urea groups is 1. The van der Waals surface area contributed by atoms with E-state index < -0.39 is 17.8 Å². The van der Waals surface area contributed by atoms with Crippen LogP contribution in [0.2, 0.25) is 15.1 Å². The number of nitrogens with zero attached hydrogens (tertiary/aromatic N) is 1. The van der Waals surface area contributed by atoms with E-state index >= 15 is 0 Å². The van der Waals surface area contributed by atoms with Gasteiger partial charge in [0.1, 0.15) is 12.2 Å². The molecule has 1 heterocycles. The Hall–Kier alpha value is -3.52. The first-order chi connectivity index (χ1) is 22.1. The smallest absolute Gasteiger partial charge is 0.335 e. The summed E-state index contributed by atoms with van der Waals surface area (Å²) in [5.41, 5.74) is 2.81. The Labute approximate surface area is 282 Å². The van der Waals surface area contributed by atoms with Crippen LogP contribution in [0, 0.1) is 17.8 Å². The van der Waals surface area contributed by atoms with Gasteiger partial charge >= 0.3 is 6.03 Å². The fraction of sp³-hybridized carbons (Fsp3) is 0.361. The molecule has 0 unspecified atom stereocenters. The minimum atomic E-state index is -0.789. The van der Waals surface area contributed by atoms with Crippen LogP contribution in [0.15, 0.2) is 60.2 Å². The Balaban J connectivity index is 1.14. The summed E-state index contributed by atoms with van der Waals surface area (Å²) in [6.07, 6.45) is 9.11. The van der Waals surface area contributed by atoms with E-state index in [2.05, 4.69) is 17.4 Å². The zero-order valence-corrected chi connectivity index (χ0v) is 27.6. The molecule has 238 valence electrons. The number of anilines is 1. The monoisotopic (exact) mass is 678 g/mol. The van der Waals surface area contributed by atoms with Crippen LogP contribution in [0.3, 0.4) is 0 Å². The Morgan fingerprint density at radius 1 is 0.870 bits per heavy atom. The van der Waals surface area contributed by atoms with Crippen molar-refractivity contribution in [2.75, 3.05) is 11.5 Å². The van der Waals surface area contributed by atoms with Crippen molar-refractivity contribution in [2.45, 2.75) is 57.5 Å². The maximum atomic E-state index is 13.7. The van der Waals surface area contributed by atoms with E-state index in [-0.39, 0.29) is 28.4 Å². The van der Waals surface area contributed by atoms with Crippen LogP contribution < -0.4 is 19.7 Å². The van der Waals surface area contributed by atoms with Gasteiger partial charge in [0.25, 0.3) is 11.8 Å². The first-order valence-corrected chi connectivity index (χ1v) is 16.8. The second kappa shape index (κ2) is 12.3. The van der Waals surface area contributed by atoms with Gasteiger partial charge in [0, 0.05) is 15.6 Å². The van der Waals surface area contributed by atoms with Gasteiger partial charge in [0.15, 0.2) is 11.5 Å². The Morgan fingerprint density at radius 3 is 2.17 bits per heavy atom. The predicted molar refractivity (Wildman–Crippen MR) is 179 cm³/mol. The average molecular weight is 680 g/mol. The number of carbonyl (C=O) groups is 3. The number of halogens is 3. The van der Waals surface area contributed by atoms with E-state index in [0.717, 1.165) is 22.7 Å². The normalized spacial score (nSPS) is 26.1. The van der Waals surface area contributed by atoms with Gasteiger partial charge in [-0.2, -0.15) is 0 Å². The molecule has 0 radical (unpaired) electrons. The summed E-state index contributed by atoms with van der Waals surface area (Å²) in [7, 11) is 0. The maximum absolute atomic E-state index is 13.7. The van der Waals surface area contributed by atoms with E-state index in [4.69, 9.17) is 44.3 Å². The van der Waals surface area contributed by atoms with Gasteiger partial charge in [0.2, 0.25) is 0 Å². The van der Waals surface area contributed by atoms with Gasteiger partial charge in [-0.25, -0.2) is 9.69 Å². The second-order valence-corrected chi connectivity index (χ2v) is 14.2. The molecule has 3 aromatic rings. The summed E-state index contributed by atoms with van der Waals surface area (Å²) in [4.78, 5) is 40.6. The van der Waals surface area contributed by atoms with Gasteiger partial charge in [-0.3, -0.25) is 14.9 Å². The summed E-state index contributed by atoms with van der Waals surface area (Å²) in [6, 6.07) is 15.3. The standard InChI is InChI=1S/C36H33Cl3N2O5/c1-2-45-31-14-20(13-30(39)32(31)46-19-24-3-6-26(37)15-29(24)38)12-28-33(42)40-35(44)41(34(28)43)27-7-4-25(5-8-27)36-16-21-9-22(17-36)11-23(10-21)18-36/h3-8,12-15,21-23H,2,9-11,16-19H2,1H3,(H,40,42,44)/b28-12+. The quantitative estimate of drug-likeness (QED) is 0.190. The average Bonchev–Trinajstić information content (AvgIpc) is 2.99. The lowest BCUT2D eigenvalue weighted by Gasteiger charge is -2.57. The van der Waals surface area contributed by atoms with Crippen LogP contribution in [0.1, 0.15) is 62.1 Å². The molecule has 46 heavy (non-hydrogen) atoms. The van der Waals surface area contributed by atoms with Crippen molar-refractivity contribution in [3.63, 3.8) is 0 Å². The zero-order chi connectivity index (χ0) is 32.2. The van der Waals surface area contributed by atoms with Crippen LogP contribution in [0.5, 0.6) is 11.5 Å². The molecule has 1 saturated heterocycles. The molecule has 0 atom stereocenters. The van der Waals surface area contributed by atoms with E-state index in [0.29, 0.717) is 39.2 Å². The molecule has 5 fully saturated rings. The van der Waals surface area contributed by atoms with Crippen molar-refractivity contribution in [3.05, 3.63) is 91.9 Å². The summed E-state index contributed by atoms with van der Waals surface area (Å²) in [5, 5.41) is 3.48. The number of barbiturate groups is 1. The van der Waals surface area contributed by atoms with Gasteiger partial charge in [-0.05, 0) is 122 Å². The number of nitrogens with one attached hydrogen (secondary N) is 1.